The fraction of sp³-hybridized carbons (Fsp3) is 0.240. The third-order valence-electron chi connectivity index (χ3n) is 5.93. The van der Waals surface area contributed by atoms with Crippen molar-refractivity contribution >= 4 is 23.1 Å². The summed E-state index contributed by atoms with van der Waals surface area (Å²) in [7, 11) is 0. The molecule has 2 aromatic heterocycles. The monoisotopic (exact) mass is 474 g/mol. The minimum atomic E-state index is 0.277. The lowest BCUT2D eigenvalue weighted by Crippen LogP contribution is -2.03. The van der Waals surface area contributed by atoms with Gasteiger partial charge >= 0.3 is 0 Å². The highest BCUT2D eigenvalue weighted by atomic mass is 32.2. The maximum Gasteiger partial charge on any atom is 0.231 e. The molecule has 0 N–H and O–H groups in total. The molecule has 4 aromatic rings. The highest BCUT2D eigenvalue weighted by Gasteiger charge is 2.43. The van der Waals surface area contributed by atoms with Gasteiger partial charge in [-0.2, -0.15) is 0 Å². The lowest BCUT2D eigenvalue weighted by atomic mass is 10.1. The van der Waals surface area contributed by atoms with E-state index in [1.54, 1.807) is 23.1 Å². The first-order chi connectivity index (χ1) is 16.3. The Balaban J connectivity index is 1.16. The van der Waals surface area contributed by atoms with Gasteiger partial charge in [-0.3, -0.25) is 0 Å². The second-order valence-electron chi connectivity index (χ2n) is 8.10. The quantitative estimate of drug-likeness (QED) is 0.235. The Morgan fingerprint density at radius 2 is 1.97 bits per heavy atom. The van der Waals surface area contributed by atoms with Crippen molar-refractivity contribution in [3.63, 3.8) is 0 Å². The largest absolute Gasteiger partial charge is 0.454 e. The molecule has 2 unspecified atom stereocenters. The van der Waals surface area contributed by atoms with Crippen LogP contribution in [0, 0.1) is 0 Å². The van der Waals surface area contributed by atoms with Gasteiger partial charge in [-0.25, -0.2) is 4.98 Å². The van der Waals surface area contributed by atoms with Gasteiger partial charge in [0.05, 0.1) is 5.69 Å². The number of benzene rings is 2. The van der Waals surface area contributed by atoms with Crippen molar-refractivity contribution in [1.29, 1.82) is 0 Å². The molecule has 166 valence electrons. The summed E-state index contributed by atoms with van der Waals surface area (Å²) < 4.78 is 13.1. The van der Waals surface area contributed by atoms with E-state index in [0.29, 0.717) is 18.4 Å². The molecule has 0 spiro atoms. The zero-order valence-electron chi connectivity index (χ0n) is 17.9. The molecular formula is C25H22N4O2S2. The Bertz CT molecular complexity index is 1300. The molecule has 0 bridgehead atoms. The number of nitrogens with zero attached hydrogens (tertiary/aromatic N) is 4. The Morgan fingerprint density at radius 3 is 2.85 bits per heavy atom. The maximum atomic E-state index is 5.50. The summed E-state index contributed by atoms with van der Waals surface area (Å²) in [6, 6.07) is 16.6. The van der Waals surface area contributed by atoms with Gasteiger partial charge in [-0.05, 0) is 36.1 Å². The van der Waals surface area contributed by atoms with Gasteiger partial charge in [0.1, 0.15) is 10.8 Å². The van der Waals surface area contributed by atoms with E-state index >= 15 is 0 Å². The molecule has 3 heterocycles. The van der Waals surface area contributed by atoms with E-state index in [9.17, 15) is 0 Å². The van der Waals surface area contributed by atoms with E-state index < -0.39 is 0 Å². The summed E-state index contributed by atoms with van der Waals surface area (Å²) in [4.78, 5) is 4.83. The van der Waals surface area contributed by atoms with Crippen LogP contribution < -0.4 is 9.47 Å². The molecule has 2 atom stereocenters. The van der Waals surface area contributed by atoms with Crippen molar-refractivity contribution in [2.24, 2.45) is 0 Å². The highest BCUT2D eigenvalue weighted by Crippen LogP contribution is 2.54. The number of hydrogen-bond donors (Lipinski definition) is 0. The third kappa shape index (κ3) is 4.05. The van der Waals surface area contributed by atoms with Crippen molar-refractivity contribution in [2.75, 3.05) is 6.79 Å². The van der Waals surface area contributed by atoms with Crippen LogP contribution in [-0.4, -0.2) is 26.5 Å². The van der Waals surface area contributed by atoms with Crippen LogP contribution in [-0.2, 0) is 12.3 Å². The van der Waals surface area contributed by atoms with Gasteiger partial charge in [0, 0.05) is 29.2 Å². The minimum absolute atomic E-state index is 0.277. The number of thiazole rings is 1. The summed E-state index contributed by atoms with van der Waals surface area (Å²) in [5.74, 6) is 4.31. The number of allylic oxidation sites excluding steroid dienone is 1. The van der Waals surface area contributed by atoms with Crippen molar-refractivity contribution in [3.05, 3.63) is 83.6 Å². The molecule has 1 fully saturated rings. The summed E-state index contributed by atoms with van der Waals surface area (Å²) in [5, 5.41) is 13.1. The summed E-state index contributed by atoms with van der Waals surface area (Å²) in [5.41, 5.74) is 3.45. The molecule has 33 heavy (non-hydrogen) atoms. The van der Waals surface area contributed by atoms with Crippen LogP contribution in [0.2, 0.25) is 0 Å². The predicted octanol–water partition coefficient (Wildman–Crippen LogP) is 5.88. The van der Waals surface area contributed by atoms with Crippen molar-refractivity contribution in [2.45, 2.75) is 35.7 Å². The van der Waals surface area contributed by atoms with E-state index in [4.69, 9.17) is 14.5 Å². The SMILES string of the molecule is C=CCn1c(SCc2csc(-c3ccc4c(c3)OCO4)n2)nnc1C1CC1c1ccccc1. The first kappa shape index (κ1) is 20.5. The van der Waals surface area contributed by atoms with Gasteiger partial charge in [0.2, 0.25) is 6.79 Å². The lowest BCUT2D eigenvalue weighted by Gasteiger charge is -2.07. The Kier molecular flexibility index (Phi) is 5.39. The van der Waals surface area contributed by atoms with Crippen LogP contribution >= 0.6 is 23.1 Å². The van der Waals surface area contributed by atoms with Crippen LogP contribution in [0.4, 0.5) is 0 Å². The fourth-order valence-electron chi connectivity index (χ4n) is 4.20. The molecule has 1 aliphatic heterocycles. The zero-order chi connectivity index (χ0) is 22.2. The van der Waals surface area contributed by atoms with Crippen LogP contribution in [0.3, 0.4) is 0 Å². The number of ether oxygens (including phenoxy) is 2. The van der Waals surface area contributed by atoms with E-state index in [-0.39, 0.29) is 6.79 Å². The molecule has 8 heteroatoms. The van der Waals surface area contributed by atoms with E-state index in [1.807, 2.05) is 24.3 Å². The van der Waals surface area contributed by atoms with Crippen LogP contribution in [0.15, 0.2) is 71.7 Å². The predicted molar refractivity (Wildman–Crippen MR) is 130 cm³/mol. The number of hydrogen-bond acceptors (Lipinski definition) is 7. The molecule has 2 aromatic carbocycles. The van der Waals surface area contributed by atoms with E-state index in [2.05, 4.69) is 57.1 Å². The van der Waals surface area contributed by atoms with Crippen LogP contribution in [0.5, 0.6) is 11.5 Å². The van der Waals surface area contributed by atoms with Crippen LogP contribution in [0.1, 0.15) is 35.3 Å². The molecule has 0 saturated heterocycles. The van der Waals surface area contributed by atoms with Crippen molar-refractivity contribution in [1.82, 2.24) is 19.7 Å². The van der Waals surface area contributed by atoms with E-state index in [1.165, 1.54) is 5.56 Å². The van der Waals surface area contributed by atoms with Crippen molar-refractivity contribution < 1.29 is 9.47 Å². The fourth-order valence-corrected chi connectivity index (χ4v) is 5.97. The molecular weight excluding hydrogens is 452 g/mol. The first-order valence-electron chi connectivity index (χ1n) is 10.9. The smallest absolute Gasteiger partial charge is 0.231 e. The number of aromatic nitrogens is 4. The molecule has 0 radical (unpaired) electrons. The molecule has 6 nitrogen and oxygen atoms in total. The normalized spacial score (nSPS) is 18.4. The number of fused-ring (bicyclic) bond motifs is 1. The average molecular weight is 475 g/mol. The van der Waals surface area contributed by atoms with Gasteiger partial charge in [0.15, 0.2) is 16.7 Å². The Morgan fingerprint density at radius 1 is 1.09 bits per heavy atom. The Labute approximate surface area is 200 Å². The molecule has 2 aliphatic rings. The van der Waals surface area contributed by atoms with Gasteiger partial charge in [-0.1, -0.05) is 48.2 Å². The first-order valence-corrected chi connectivity index (χ1v) is 12.7. The maximum absolute atomic E-state index is 5.50. The van der Waals surface area contributed by atoms with Gasteiger partial charge in [0.25, 0.3) is 0 Å². The summed E-state index contributed by atoms with van der Waals surface area (Å²) in [6.45, 7) is 4.93. The second kappa shape index (κ2) is 8.68. The van der Waals surface area contributed by atoms with Gasteiger partial charge in [-0.15, -0.1) is 28.1 Å². The van der Waals surface area contributed by atoms with Gasteiger partial charge < -0.3 is 14.0 Å². The number of rotatable bonds is 8. The van der Waals surface area contributed by atoms with E-state index in [0.717, 1.165) is 50.9 Å². The zero-order valence-corrected chi connectivity index (χ0v) is 19.5. The summed E-state index contributed by atoms with van der Waals surface area (Å²) >= 11 is 3.31. The average Bonchev–Trinajstić information content (AvgIpc) is 3.19. The number of thioether (sulfide) groups is 1. The molecule has 1 saturated carbocycles. The second-order valence-corrected chi connectivity index (χ2v) is 9.90. The van der Waals surface area contributed by atoms with Crippen LogP contribution in [0.25, 0.3) is 10.6 Å². The molecule has 6 rings (SSSR count). The molecule has 1 aliphatic carbocycles. The standard InChI is InChI=1S/C25H22N4O2S2/c1-2-10-29-23(20-12-19(20)16-6-4-3-5-7-16)27-28-25(29)33-14-18-13-32-24(26-18)17-8-9-21-22(11-17)31-15-30-21/h2-9,11,13,19-20H,1,10,12,14-15H2. The minimum Gasteiger partial charge on any atom is -0.454 e. The highest BCUT2D eigenvalue weighted by molar-refractivity contribution is 7.98. The molecule has 0 amide bonds. The Hall–Kier alpha value is -3.10. The van der Waals surface area contributed by atoms with Crippen molar-refractivity contribution in [3.8, 4) is 22.1 Å². The lowest BCUT2D eigenvalue weighted by molar-refractivity contribution is 0.174. The third-order valence-corrected chi connectivity index (χ3v) is 7.87. The summed E-state index contributed by atoms with van der Waals surface area (Å²) in [6.07, 6.45) is 3.03. The topological polar surface area (TPSA) is 62.1 Å².